The quantitative estimate of drug-likeness (QED) is 0.722. The fourth-order valence-corrected chi connectivity index (χ4v) is 2.32. The zero-order chi connectivity index (χ0) is 8.01. The number of rotatable bonds is 1. The Bertz CT molecular complexity index is 269. The highest BCUT2D eigenvalue weighted by molar-refractivity contribution is 7.17. The van der Waals surface area contributed by atoms with Gasteiger partial charge in [0.2, 0.25) is 0 Å². The number of hydrogen-bond donors (Lipinski definition) is 1. The van der Waals surface area contributed by atoms with Crippen LogP contribution in [-0.2, 0) is 4.74 Å². The number of thiophene rings is 1. The molecule has 0 amide bonds. The van der Waals surface area contributed by atoms with Crippen LogP contribution in [0.1, 0.15) is 11.0 Å². The highest BCUT2D eigenvalue weighted by Crippen LogP contribution is 2.43. The highest BCUT2D eigenvalue weighted by atomic mass is 35.5. The van der Waals surface area contributed by atoms with Gasteiger partial charge in [0.1, 0.15) is 16.7 Å². The highest BCUT2D eigenvalue weighted by Gasteiger charge is 2.38. The molecule has 2 atom stereocenters. The van der Waals surface area contributed by atoms with Crippen molar-refractivity contribution in [1.29, 1.82) is 0 Å². The smallest absolute Gasteiger partial charge is 0.138 e. The van der Waals surface area contributed by atoms with Gasteiger partial charge in [-0.25, -0.2) is 0 Å². The van der Waals surface area contributed by atoms with Gasteiger partial charge in [0.25, 0.3) is 0 Å². The predicted octanol–water partition coefficient (Wildman–Crippen LogP) is 2.41. The summed E-state index contributed by atoms with van der Waals surface area (Å²) in [7, 11) is 0. The van der Waals surface area contributed by atoms with Crippen molar-refractivity contribution in [2.45, 2.75) is 12.3 Å². The molecule has 0 spiro atoms. The summed E-state index contributed by atoms with van der Waals surface area (Å²) in [6, 6.07) is 1.80. The van der Waals surface area contributed by atoms with Gasteiger partial charge in [-0.15, -0.1) is 11.3 Å². The predicted molar refractivity (Wildman–Crippen MR) is 46.1 cm³/mol. The van der Waals surface area contributed by atoms with Crippen LogP contribution in [0, 0.1) is 0 Å². The van der Waals surface area contributed by atoms with Gasteiger partial charge in [-0.2, -0.15) is 0 Å². The summed E-state index contributed by atoms with van der Waals surface area (Å²) in [5.74, 6) is 0. The van der Waals surface area contributed by atoms with Gasteiger partial charge >= 0.3 is 0 Å². The van der Waals surface area contributed by atoms with Gasteiger partial charge < -0.3 is 10.5 Å². The second kappa shape index (κ2) is 2.61. The van der Waals surface area contributed by atoms with Crippen molar-refractivity contribution in [1.82, 2.24) is 0 Å². The third-order valence-electron chi connectivity index (χ3n) is 1.47. The number of ether oxygens (including phenoxy) is 1. The fraction of sp³-hybridized carbons (Fsp3) is 0.333. The van der Waals surface area contributed by atoms with E-state index in [4.69, 9.17) is 33.7 Å². The Labute approximate surface area is 77.9 Å². The Morgan fingerprint density at radius 1 is 1.55 bits per heavy atom. The summed E-state index contributed by atoms with van der Waals surface area (Å²) in [6.45, 7) is 0. The lowest BCUT2D eigenvalue weighted by molar-refractivity contribution is 0.379. The minimum atomic E-state index is -0.166. The molecule has 2 rings (SSSR count). The Hall–Kier alpha value is 0.200. The first-order valence-corrected chi connectivity index (χ1v) is 4.61. The molecule has 1 saturated heterocycles. The van der Waals surface area contributed by atoms with Gasteiger partial charge in [0.05, 0.1) is 5.02 Å². The molecule has 2 N–H and O–H groups in total. The van der Waals surface area contributed by atoms with E-state index in [1.165, 1.54) is 11.3 Å². The van der Waals surface area contributed by atoms with Crippen molar-refractivity contribution >= 4 is 34.5 Å². The van der Waals surface area contributed by atoms with E-state index < -0.39 is 0 Å². The van der Waals surface area contributed by atoms with Crippen molar-refractivity contribution in [2.75, 3.05) is 0 Å². The monoisotopic (exact) mass is 209 g/mol. The van der Waals surface area contributed by atoms with Gasteiger partial charge in [-0.1, -0.05) is 23.2 Å². The SMILES string of the molecule is NC1OC1c1cc(Cl)c(Cl)s1. The lowest BCUT2D eigenvalue weighted by atomic mass is 10.3. The van der Waals surface area contributed by atoms with E-state index in [2.05, 4.69) is 0 Å². The molecule has 1 aromatic rings. The van der Waals surface area contributed by atoms with Gasteiger partial charge in [0, 0.05) is 4.88 Å². The standard InChI is InChI=1S/C6H5Cl2NOS/c7-2-1-3(11-5(2)8)4-6(9)10-4/h1,4,6H,9H2. The zero-order valence-electron chi connectivity index (χ0n) is 5.38. The van der Waals surface area contributed by atoms with E-state index in [1.54, 1.807) is 6.07 Å². The van der Waals surface area contributed by atoms with Crippen LogP contribution >= 0.6 is 34.5 Å². The van der Waals surface area contributed by atoms with Crippen molar-refractivity contribution < 1.29 is 4.74 Å². The van der Waals surface area contributed by atoms with E-state index in [0.29, 0.717) is 9.36 Å². The molecule has 0 radical (unpaired) electrons. The van der Waals surface area contributed by atoms with E-state index in [0.717, 1.165) is 4.88 Å². The normalized spacial score (nSPS) is 29.0. The molecule has 1 aliphatic heterocycles. The van der Waals surface area contributed by atoms with Crippen LogP contribution in [0.3, 0.4) is 0 Å². The second-order valence-electron chi connectivity index (χ2n) is 2.29. The number of epoxide rings is 1. The van der Waals surface area contributed by atoms with Crippen LogP contribution in [0.25, 0.3) is 0 Å². The van der Waals surface area contributed by atoms with Crippen molar-refractivity contribution in [2.24, 2.45) is 5.73 Å². The van der Waals surface area contributed by atoms with Crippen molar-refractivity contribution in [3.8, 4) is 0 Å². The van der Waals surface area contributed by atoms with E-state index >= 15 is 0 Å². The van der Waals surface area contributed by atoms with Crippen LogP contribution in [0.4, 0.5) is 0 Å². The third kappa shape index (κ3) is 1.39. The summed E-state index contributed by atoms with van der Waals surface area (Å²) >= 11 is 12.9. The van der Waals surface area contributed by atoms with Crippen LogP contribution in [-0.4, -0.2) is 6.23 Å². The first-order chi connectivity index (χ1) is 5.18. The minimum Gasteiger partial charge on any atom is -0.347 e. The number of halogens is 2. The molecule has 11 heavy (non-hydrogen) atoms. The van der Waals surface area contributed by atoms with E-state index in [-0.39, 0.29) is 12.3 Å². The molecular formula is C6H5Cl2NOS. The second-order valence-corrected chi connectivity index (χ2v) is 4.38. The minimum absolute atomic E-state index is 0.0185. The summed E-state index contributed by atoms with van der Waals surface area (Å²) in [6.07, 6.45) is -0.147. The van der Waals surface area contributed by atoms with Gasteiger partial charge in [0.15, 0.2) is 0 Å². The maximum Gasteiger partial charge on any atom is 0.138 e. The summed E-state index contributed by atoms with van der Waals surface area (Å²) < 4.78 is 5.64. The molecule has 2 heterocycles. The van der Waals surface area contributed by atoms with Gasteiger partial charge in [-0.3, -0.25) is 0 Å². The Morgan fingerprint density at radius 3 is 2.55 bits per heavy atom. The molecule has 2 nitrogen and oxygen atoms in total. The third-order valence-corrected chi connectivity index (χ3v) is 3.40. The average molecular weight is 210 g/mol. The Kier molecular flexibility index (Phi) is 1.85. The zero-order valence-corrected chi connectivity index (χ0v) is 7.71. The summed E-state index contributed by atoms with van der Waals surface area (Å²) in [5, 5.41) is 0.578. The van der Waals surface area contributed by atoms with E-state index in [9.17, 15) is 0 Å². The molecule has 0 aliphatic carbocycles. The lowest BCUT2D eigenvalue weighted by Crippen LogP contribution is -2.00. The molecular weight excluding hydrogens is 205 g/mol. The topological polar surface area (TPSA) is 38.5 Å². The Balaban J connectivity index is 2.26. The molecule has 1 aliphatic rings. The van der Waals surface area contributed by atoms with Crippen molar-refractivity contribution in [3.05, 3.63) is 20.3 Å². The number of hydrogen-bond acceptors (Lipinski definition) is 3. The molecule has 5 heteroatoms. The van der Waals surface area contributed by atoms with Crippen LogP contribution in [0.5, 0.6) is 0 Å². The molecule has 0 saturated carbocycles. The van der Waals surface area contributed by atoms with Crippen molar-refractivity contribution in [3.63, 3.8) is 0 Å². The lowest BCUT2D eigenvalue weighted by Gasteiger charge is -1.81. The Morgan fingerprint density at radius 2 is 2.18 bits per heavy atom. The van der Waals surface area contributed by atoms with Crippen LogP contribution in [0.15, 0.2) is 6.07 Å². The summed E-state index contributed by atoms with van der Waals surface area (Å²) in [5.41, 5.74) is 5.46. The fourth-order valence-electron chi connectivity index (χ4n) is 0.856. The molecule has 60 valence electrons. The summed E-state index contributed by atoms with van der Waals surface area (Å²) in [4.78, 5) is 1.01. The first kappa shape index (κ1) is 7.83. The first-order valence-electron chi connectivity index (χ1n) is 3.04. The van der Waals surface area contributed by atoms with Crippen LogP contribution in [0.2, 0.25) is 9.36 Å². The molecule has 1 aromatic heterocycles. The molecule has 1 fully saturated rings. The average Bonchev–Trinajstić information content (AvgIpc) is 2.56. The maximum atomic E-state index is 5.74. The van der Waals surface area contributed by atoms with Gasteiger partial charge in [-0.05, 0) is 6.07 Å². The molecule has 0 bridgehead atoms. The largest absolute Gasteiger partial charge is 0.347 e. The number of nitrogens with two attached hydrogens (primary N) is 1. The molecule has 0 aromatic carbocycles. The maximum absolute atomic E-state index is 5.74. The van der Waals surface area contributed by atoms with E-state index in [1.807, 2.05) is 0 Å². The van der Waals surface area contributed by atoms with Crippen LogP contribution < -0.4 is 5.73 Å². The molecule has 2 unspecified atom stereocenters.